The van der Waals surface area contributed by atoms with Crippen LogP contribution in [-0.4, -0.2) is 77.8 Å². The van der Waals surface area contributed by atoms with E-state index in [9.17, 15) is 24.9 Å². The van der Waals surface area contributed by atoms with Gasteiger partial charge in [-0.15, -0.1) is 0 Å². The van der Waals surface area contributed by atoms with Gasteiger partial charge in [0.25, 0.3) is 0 Å². The zero-order chi connectivity index (χ0) is 32.3. The van der Waals surface area contributed by atoms with Crippen LogP contribution in [0.5, 0.6) is 0 Å². The molecule has 4 aromatic carbocycles. The summed E-state index contributed by atoms with van der Waals surface area (Å²) in [5, 5.41) is 29.9. The summed E-state index contributed by atoms with van der Waals surface area (Å²) in [7, 11) is 0. The summed E-state index contributed by atoms with van der Waals surface area (Å²) in [6, 6.07) is 36.9. The van der Waals surface area contributed by atoms with Crippen LogP contribution in [-0.2, 0) is 28.5 Å². The van der Waals surface area contributed by atoms with E-state index in [-0.39, 0.29) is 19.6 Å². The second kappa shape index (κ2) is 16.3. The molecule has 4 aromatic rings. The van der Waals surface area contributed by atoms with Gasteiger partial charge in [-0.25, -0.2) is 0 Å². The number of carbonyl (C=O) groups excluding carboxylic acids is 2. The SMILES string of the molecule is O=C(OCC(COC1CC(O)[C@@H](O)[C@@H](CO)O1)OC(=O)C(c1ccccc1)c1ccccc1)C(c1ccccc1)c1ccccc1. The van der Waals surface area contributed by atoms with Gasteiger partial charge in [-0.3, -0.25) is 9.59 Å². The molecule has 9 heteroatoms. The highest BCUT2D eigenvalue weighted by Gasteiger charge is 2.38. The third kappa shape index (κ3) is 8.45. The molecule has 46 heavy (non-hydrogen) atoms. The van der Waals surface area contributed by atoms with Crippen LogP contribution in [0.2, 0.25) is 0 Å². The predicted octanol–water partition coefficient (Wildman–Crippen LogP) is 3.95. The fraction of sp³-hybridized carbons (Fsp3) is 0.297. The van der Waals surface area contributed by atoms with Gasteiger partial charge in [-0.2, -0.15) is 0 Å². The molecule has 5 rings (SSSR count). The Morgan fingerprint density at radius 3 is 1.54 bits per heavy atom. The van der Waals surface area contributed by atoms with Gasteiger partial charge in [-0.05, 0) is 22.3 Å². The molecular formula is C37H38O9. The first kappa shape index (κ1) is 33.0. The van der Waals surface area contributed by atoms with Crippen molar-refractivity contribution in [3.05, 3.63) is 144 Å². The molecule has 0 spiro atoms. The fourth-order valence-corrected chi connectivity index (χ4v) is 5.51. The molecule has 1 fully saturated rings. The lowest BCUT2D eigenvalue weighted by molar-refractivity contribution is -0.263. The molecule has 0 radical (unpaired) electrons. The van der Waals surface area contributed by atoms with E-state index in [1.165, 1.54) is 0 Å². The van der Waals surface area contributed by atoms with E-state index in [4.69, 9.17) is 18.9 Å². The molecule has 240 valence electrons. The van der Waals surface area contributed by atoms with Crippen molar-refractivity contribution in [2.45, 2.75) is 49.0 Å². The molecule has 0 saturated carbocycles. The molecule has 3 unspecified atom stereocenters. The molecule has 0 aromatic heterocycles. The second-order valence-electron chi connectivity index (χ2n) is 11.1. The Bertz CT molecular complexity index is 1420. The van der Waals surface area contributed by atoms with Crippen LogP contribution < -0.4 is 0 Å². The Morgan fingerprint density at radius 1 is 0.674 bits per heavy atom. The highest BCUT2D eigenvalue weighted by molar-refractivity contribution is 5.83. The maximum Gasteiger partial charge on any atom is 0.318 e. The van der Waals surface area contributed by atoms with Gasteiger partial charge in [0.05, 0.1) is 19.3 Å². The van der Waals surface area contributed by atoms with E-state index in [0.717, 1.165) is 22.3 Å². The van der Waals surface area contributed by atoms with Crippen molar-refractivity contribution in [2.75, 3.05) is 19.8 Å². The van der Waals surface area contributed by atoms with Crippen LogP contribution in [0.4, 0.5) is 0 Å². The number of hydrogen-bond donors (Lipinski definition) is 3. The standard InChI is InChI=1S/C37H38O9/c38-22-31-35(40)30(39)21-32(46-31)43-23-29(45-37(42)34(27-17-9-3-10-18-27)28-19-11-4-12-20-28)24-44-36(41)33(25-13-5-1-6-14-25)26-15-7-2-8-16-26/h1-20,29-35,38-40H,21-24H2/t29?,30?,31-,32?,35-/m1/s1. The number of carbonyl (C=O) groups is 2. The Morgan fingerprint density at radius 2 is 1.11 bits per heavy atom. The van der Waals surface area contributed by atoms with Crippen LogP contribution in [0.15, 0.2) is 121 Å². The lowest BCUT2D eigenvalue weighted by Gasteiger charge is -2.36. The minimum Gasteiger partial charge on any atom is -0.461 e. The lowest BCUT2D eigenvalue weighted by Crippen LogP contribution is -2.51. The lowest BCUT2D eigenvalue weighted by atomic mass is 9.91. The van der Waals surface area contributed by atoms with Crippen LogP contribution in [0.1, 0.15) is 40.5 Å². The number of rotatable bonds is 13. The topological polar surface area (TPSA) is 132 Å². The summed E-state index contributed by atoms with van der Waals surface area (Å²) >= 11 is 0. The van der Waals surface area contributed by atoms with Gasteiger partial charge in [0.1, 0.15) is 30.7 Å². The van der Waals surface area contributed by atoms with E-state index in [0.29, 0.717) is 0 Å². The van der Waals surface area contributed by atoms with Crippen molar-refractivity contribution in [1.82, 2.24) is 0 Å². The van der Waals surface area contributed by atoms with E-state index in [2.05, 4.69) is 0 Å². The highest BCUT2D eigenvalue weighted by atomic mass is 16.7. The molecule has 1 saturated heterocycles. The smallest absolute Gasteiger partial charge is 0.318 e. The first-order chi connectivity index (χ1) is 22.4. The summed E-state index contributed by atoms with van der Waals surface area (Å²) in [6.07, 6.45) is -5.64. The summed E-state index contributed by atoms with van der Waals surface area (Å²) < 4.78 is 23.3. The Labute approximate surface area is 268 Å². The average molecular weight is 627 g/mol. The first-order valence-electron chi connectivity index (χ1n) is 15.3. The zero-order valence-corrected chi connectivity index (χ0v) is 25.2. The van der Waals surface area contributed by atoms with Crippen LogP contribution in [0, 0.1) is 0 Å². The maximum atomic E-state index is 13.9. The van der Waals surface area contributed by atoms with Gasteiger partial charge < -0.3 is 34.3 Å². The summed E-state index contributed by atoms with van der Waals surface area (Å²) in [4.78, 5) is 27.5. The van der Waals surface area contributed by atoms with E-state index >= 15 is 0 Å². The maximum absolute atomic E-state index is 13.9. The van der Waals surface area contributed by atoms with Crippen molar-refractivity contribution >= 4 is 11.9 Å². The minimum atomic E-state index is -1.27. The molecular weight excluding hydrogens is 588 g/mol. The summed E-state index contributed by atoms with van der Waals surface area (Å²) in [5.41, 5.74) is 2.94. The Balaban J connectivity index is 1.36. The van der Waals surface area contributed by atoms with Crippen molar-refractivity contribution < 1.29 is 43.9 Å². The minimum absolute atomic E-state index is 0.0706. The quantitative estimate of drug-likeness (QED) is 0.189. The molecule has 1 heterocycles. The van der Waals surface area contributed by atoms with Crippen molar-refractivity contribution in [1.29, 1.82) is 0 Å². The van der Waals surface area contributed by atoms with Crippen molar-refractivity contribution in [3.8, 4) is 0 Å². The van der Waals surface area contributed by atoms with Gasteiger partial charge in [0, 0.05) is 6.42 Å². The summed E-state index contributed by atoms with van der Waals surface area (Å²) in [6.45, 7) is -1.09. The van der Waals surface area contributed by atoms with Crippen LogP contribution in [0.25, 0.3) is 0 Å². The van der Waals surface area contributed by atoms with Crippen LogP contribution >= 0.6 is 0 Å². The third-order valence-corrected chi connectivity index (χ3v) is 7.88. The highest BCUT2D eigenvalue weighted by Crippen LogP contribution is 2.29. The average Bonchev–Trinajstić information content (AvgIpc) is 3.09. The third-order valence-electron chi connectivity index (χ3n) is 7.88. The number of aliphatic hydroxyl groups is 3. The van der Waals surface area contributed by atoms with E-state index < -0.39 is 61.1 Å². The van der Waals surface area contributed by atoms with Crippen molar-refractivity contribution in [2.24, 2.45) is 0 Å². The molecule has 0 amide bonds. The number of hydrogen-bond acceptors (Lipinski definition) is 9. The number of benzene rings is 4. The largest absolute Gasteiger partial charge is 0.461 e. The summed E-state index contributed by atoms with van der Waals surface area (Å²) in [5.74, 6) is -2.58. The molecule has 5 atom stereocenters. The molecule has 3 N–H and O–H groups in total. The monoisotopic (exact) mass is 626 g/mol. The van der Waals surface area contributed by atoms with Gasteiger partial charge in [0.2, 0.25) is 0 Å². The predicted molar refractivity (Wildman–Crippen MR) is 169 cm³/mol. The van der Waals surface area contributed by atoms with Gasteiger partial charge >= 0.3 is 11.9 Å². The van der Waals surface area contributed by atoms with Crippen LogP contribution in [0.3, 0.4) is 0 Å². The zero-order valence-electron chi connectivity index (χ0n) is 25.2. The Hall–Kier alpha value is -4.38. The van der Waals surface area contributed by atoms with Gasteiger partial charge in [-0.1, -0.05) is 121 Å². The van der Waals surface area contributed by atoms with Gasteiger partial charge in [0.15, 0.2) is 12.4 Å². The van der Waals surface area contributed by atoms with Crippen molar-refractivity contribution in [3.63, 3.8) is 0 Å². The van der Waals surface area contributed by atoms with E-state index in [1.807, 2.05) is 121 Å². The van der Waals surface area contributed by atoms with E-state index in [1.54, 1.807) is 0 Å². The fourth-order valence-electron chi connectivity index (χ4n) is 5.51. The molecule has 0 aliphatic carbocycles. The first-order valence-corrected chi connectivity index (χ1v) is 15.3. The number of ether oxygens (including phenoxy) is 4. The molecule has 1 aliphatic rings. The molecule has 9 nitrogen and oxygen atoms in total. The Kier molecular flexibility index (Phi) is 11.7. The second-order valence-corrected chi connectivity index (χ2v) is 11.1. The normalized spacial score (nSPS) is 20.3. The number of aliphatic hydroxyl groups excluding tert-OH is 3. The number of esters is 2. The molecule has 1 aliphatic heterocycles. The molecule has 0 bridgehead atoms.